The molecule has 1 atom stereocenters. The number of nitrogens with zero attached hydrogens (tertiary/aromatic N) is 1. The number of halogens is 2. The second-order valence-corrected chi connectivity index (χ2v) is 5.69. The summed E-state index contributed by atoms with van der Waals surface area (Å²) in [6.07, 6.45) is 0. The molecule has 0 bridgehead atoms. The third kappa shape index (κ3) is 4.44. The Hall–Kier alpha value is -2.62. The number of carbonyl (C=O) groups is 1. The van der Waals surface area contributed by atoms with Crippen molar-refractivity contribution < 1.29 is 19.0 Å². The standard InChI is InChI=1S/C17H14ClFN2O3/c1-17(23,10-24-13-6-3-11(18)4-7-13)16(22)21-12-5-8-15(20-2)14(19)9-12/h3-9,23H,10H2,1H3,(H,21,22). The zero-order valence-corrected chi connectivity index (χ0v) is 13.5. The zero-order valence-electron chi connectivity index (χ0n) is 12.7. The molecular formula is C17H14ClFN2O3. The van der Waals surface area contributed by atoms with Crippen molar-refractivity contribution in [3.8, 4) is 5.75 Å². The average Bonchev–Trinajstić information content (AvgIpc) is 2.54. The van der Waals surface area contributed by atoms with Crippen molar-refractivity contribution in [1.29, 1.82) is 0 Å². The van der Waals surface area contributed by atoms with Crippen molar-refractivity contribution in [2.75, 3.05) is 11.9 Å². The average molecular weight is 349 g/mol. The van der Waals surface area contributed by atoms with E-state index < -0.39 is 17.3 Å². The number of benzene rings is 2. The predicted octanol–water partition coefficient (Wildman–Crippen LogP) is 3.80. The normalized spacial score (nSPS) is 12.8. The Labute approximate surface area is 143 Å². The maximum Gasteiger partial charge on any atom is 0.259 e. The lowest BCUT2D eigenvalue weighted by Crippen LogP contribution is -2.45. The van der Waals surface area contributed by atoms with Gasteiger partial charge in [0.25, 0.3) is 5.91 Å². The van der Waals surface area contributed by atoms with Crippen molar-refractivity contribution >= 4 is 28.9 Å². The van der Waals surface area contributed by atoms with Crippen molar-refractivity contribution in [1.82, 2.24) is 0 Å². The minimum absolute atomic E-state index is 0.136. The lowest BCUT2D eigenvalue weighted by Gasteiger charge is -2.22. The predicted molar refractivity (Wildman–Crippen MR) is 88.9 cm³/mol. The van der Waals surface area contributed by atoms with Gasteiger partial charge in [-0.1, -0.05) is 17.7 Å². The number of rotatable bonds is 5. The van der Waals surface area contributed by atoms with Gasteiger partial charge in [0.2, 0.25) is 5.69 Å². The first-order chi connectivity index (χ1) is 11.3. The van der Waals surface area contributed by atoms with Gasteiger partial charge in [-0.3, -0.25) is 4.79 Å². The molecule has 2 N–H and O–H groups in total. The van der Waals surface area contributed by atoms with Crippen LogP contribution in [0.25, 0.3) is 4.85 Å². The van der Waals surface area contributed by atoms with Crippen molar-refractivity contribution in [3.63, 3.8) is 0 Å². The molecule has 0 aliphatic rings. The number of anilines is 1. The molecule has 0 spiro atoms. The molecule has 0 radical (unpaired) electrons. The Kier molecular flexibility index (Phi) is 5.39. The zero-order chi connectivity index (χ0) is 17.7. The first-order valence-corrected chi connectivity index (χ1v) is 7.29. The van der Waals surface area contributed by atoms with Gasteiger partial charge in [-0.2, -0.15) is 0 Å². The van der Waals surface area contributed by atoms with Crippen LogP contribution in [-0.2, 0) is 4.79 Å². The van der Waals surface area contributed by atoms with Crippen molar-refractivity contribution in [3.05, 3.63) is 64.7 Å². The van der Waals surface area contributed by atoms with E-state index in [0.29, 0.717) is 10.8 Å². The monoisotopic (exact) mass is 348 g/mol. The first-order valence-electron chi connectivity index (χ1n) is 6.91. The summed E-state index contributed by atoms with van der Waals surface area (Å²) >= 11 is 5.76. The molecule has 0 heterocycles. The molecule has 0 aromatic heterocycles. The molecule has 24 heavy (non-hydrogen) atoms. The van der Waals surface area contributed by atoms with E-state index >= 15 is 0 Å². The van der Waals surface area contributed by atoms with Crippen LogP contribution in [0, 0.1) is 12.4 Å². The number of hydrogen-bond donors (Lipinski definition) is 2. The highest BCUT2D eigenvalue weighted by Crippen LogP contribution is 2.22. The number of aliphatic hydroxyl groups is 1. The van der Waals surface area contributed by atoms with Crippen LogP contribution in [-0.4, -0.2) is 23.2 Å². The molecule has 0 aliphatic heterocycles. The maximum atomic E-state index is 13.5. The van der Waals surface area contributed by atoms with Gasteiger partial charge in [-0.15, -0.1) is 0 Å². The number of hydrogen-bond acceptors (Lipinski definition) is 3. The first kappa shape index (κ1) is 17.7. The van der Waals surface area contributed by atoms with Crippen LogP contribution in [0.2, 0.25) is 5.02 Å². The Morgan fingerprint density at radius 1 is 1.38 bits per heavy atom. The van der Waals surface area contributed by atoms with Crippen LogP contribution < -0.4 is 10.1 Å². The fourth-order valence-corrected chi connectivity index (χ4v) is 1.89. The lowest BCUT2D eigenvalue weighted by molar-refractivity contribution is -0.135. The summed E-state index contributed by atoms with van der Waals surface area (Å²) in [6.45, 7) is 7.76. The molecule has 2 rings (SSSR count). The molecule has 0 saturated carbocycles. The summed E-state index contributed by atoms with van der Waals surface area (Å²) in [6, 6.07) is 10.1. The van der Waals surface area contributed by atoms with Crippen LogP contribution in [0.15, 0.2) is 42.5 Å². The van der Waals surface area contributed by atoms with Gasteiger partial charge in [0.05, 0.1) is 6.57 Å². The van der Waals surface area contributed by atoms with E-state index in [1.54, 1.807) is 24.3 Å². The summed E-state index contributed by atoms with van der Waals surface area (Å²) in [7, 11) is 0. The smallest absolute Gasteiger partial charge is 0.259 e. The minimum Gasteiger partial charge on any atom is -0.490 e. The molecule has 0 aliphatic carbocycles. The van der Waals surface area contributed by atoms with Crippen LogP contribution >= 0.6 is 11.6 Å². The summed E-state index contributed by atoms with van der Waals surface area (Å²) in [5.74, 6) is -1.06. The highest BCUT2D eigenvalue weighted by molar-refractivity contribution is 6.30. The molecule has 1 unspecified atom stereocenters. The Morgan fingerprint density at radius 3 is 2.62 bits per heavy atom. The van der Waals surface area contributed by atoms with Gasteiger partial charge in [-0.25, -0.2) is 9.24 Å². The minimum atomic E-state index is -1.84. The fraction of sp³-hybridized carbons (Fsp3) is 0.176. The molecule has 124 valence electrons. The molecular weight excluding hydrogens is 335 g/mol. The Balaban J connectivity index is 2.00. The van der Waals surface area contributed by atoms with Gasteiger partial charge in [0.1, 0.15) is 18.2 Å². The summed E-state index contributed by atoms with van der Waals surface area (Å²) in [5, 5.41) is 13.2. The highest BCUT2D eigenvalue weighted by Gasteiger charge is 2.31. The molecule has 1 amide bonds. The molecule has 2 aromatic rings. The molecule has 7 heteroatoms. The van der Waals surface area contributed by atoms with Gasteiger partial charge in [-0.05, 0) is 43.3 Å². The lowest BCUT2D eigenvalue weighted by atomic mass is 10.1. The van der Waals surface area contributed by atoms with E-state index in [1.807, 2.05) is 0 Å². The SMILES string of the molecule is [C-]#[N+]c1ccc(NC(=O)C(C)(O)COc2ccc(Cl)cc2)cc1F. The highest BCUT2D eigenvalue weighted by atomic mass is 35.5. The Bertz CT molecular complexity index is 785. The second-order valence-electron chi connectivity index (χ2n) is 5.25. The van der Waals surface area contributed by atoms with E-state index in [2.05, 4.69) is 10.2 Å². The quantitative estimate of drug-likeness (QED) is 0.808. The van der Waals surface area contributed by atoms with E-state index in [9.17, 15) is 14.3 Å². The molecule has 2 aromatic carbocycles. The second kappa shape index (κ2) is 7.30. The topological polar surface area (TPSA) is 62.9 Å². The van der Waals surface area contributed by atoms with Crippen LogP contribution in [0.4, 0.5) is 15.8 Å². The van der Waals surface area contributed by atoms with Crippen molar-refractivity contribution in [2.45, 2.75) is 12.5 Å². The molecule has 0 fully saturated rings. The third-order valence-corrected chi connectivity index (χ3v) is 3.40. The van der Waals surface area contributed by atoms with Gasteiger partial charge >= 0.3 is 0 Å². The fourth-order valence-electron chi connectivity index (χ4n) is 1.76. The van der Waals surface area contributed by atoms with E-state index in [0.717, 1.165) is 6.07 Å². The van der Waals surface area contributed by atoms with E-state index in [4.69, 9.17) is 22.9 Å². The van der Waals surface area contributed by atoms with Crippen LogP contribution in [0.5, 0.6) is 5.75 Å². The maximum absolute atomic E-state index is 13.5. The molecule has 5 nitrogen and oxygen atoms in total. The van der Waals surface area contributed by atoms with Crippen molar-refractivity contribution in [2.24, 2.45) is 0 Å². The number of nitrogens with one attached hydrogen (secondary N) is 1. The van der Waals surface area contributed by atoms with Crippen LogP contribution in [0.1, 0.15) is 6.92 Å². The largest absolute Gasteiger partial charge is 0.490 e. The van der Waals surface area contributed by atoms with Gasteiger partial charge in [0, 0.05) is 10.7 Å². The number of ether oxygens (including phenoxy) is 1. The molecule has 0 saturated heterocycles. The third-order valence-electron chi connectivity index (χ3n) is 3.15. The Morgan fingerprint density at radius 2 is 2.04 bits per heavy atom. The number of amides is 1. The summed E-state index contributed by atoms with van der Waals surface area (Å²) < 4.78 is 18.9. The van der Waals surface area contributed by atoms with E-state index in [-0.39, 0.29) is 18.0 Å². The number of carbonyl (C=O) groups excluding carboxylic acids is 1. The van der Waals surface area contributed by atoms with Gasteiger partial charge in [0.15, 0.2) is 5.60 Å². The van der Waals surface area contributed by atoms with Gasteiger partial charge < -0.3 is 15.2 Å². The van der Waals surface area contributed by atoms with E-state index in [1.165, 1.54) is 19.1 Å². The summed E-state index contributed by atoms with van der Waals surface area (Å²) in [5.41, 5.74) is -1.85. The summed E-state index contributed by atoms with van der Waals surface area (Å²) in [4.78, 5) is 15.1. The van der Waals surface area contributed by atoms with Crippen LogP contribution in [0.3, 0.4) is 0 Å².